The fourth-order valence-electron chi connectivity index (χ4n) is 3.07. The van der Waals surface area contributed by atoms with Gasteiger partial charge in [0, 0.05) is 12.6 Å². The number of fused-ring (bicyclic) bond motifs is 1. The smallest absolute Gasteiger partial charge is 0.307 e. The second-order valence-electron chi connectivity index (χ2n) is 6.65. The number of benzene rings is 1. The number of sulfone groups is 1. The van der Waals surface area contributed by atoms with Crippen LogP contribution in [0.2, 0.25) is 0 Å². The van der Waals surface area contributed by atoms with Gasteiger partial charge in [0.25, 0.3) is 5.56 Å². The Labute approximate surface area is 171 Å². The van der Waals surface area contributed by atoms with Crippen molar-refractivity contribution in [1.29, 1.82) is 0 Å². The molecule has 1 aromatic carbocycles. The fourth-order valence-corrected chi connectivity index (χ4v) is 5.58. The predicted molar refractivity (Wildman–Crippen MR) is 109 cm³/mol. The number of nitrogens with zero attached hydrogens (tertiary/aromatic N) is 2. The topological polar surface area (TPSA) is 124 Å². The van der Waals surface area contributed by atoms with Crippen LogP contribution in [0.25, 0.3) is 10.9 Å². The van der Waals surface area contributed by atoms with Crippen molar-refractivity contribution in [2.75, 3.05) is 24.4 Å². The molecule has 3 rings (SSSR count). The Hall–Kier alpha value is -2.40. The van der Waals surface area contributed by atoms with E-state index in [1.807, 2.05) is 0 Å². The molecule has 11 heteroatoms. The van der Waals surface area contributed by atoms with E-state index in [2.05, 4.69) is 15.0 Å². The second-order valence-corrected chi connectivity index (χ2v) is 9.82. The summed E-state index contributed by atoms with van der Waals surface area (Å²) in [6.45, 7) is 0.0775. The molecule has 0 aliphatic carbocycles. The lowest BCUT2D eigenvalue weighted by molar-refractivity contribution is -0.140. The molecule has 9 nitrogen and oxygen atoms in total. The lowest BCUT2D eigenvalue weighted by atomic mass is 10.2. The van der Waals surface area contributed by atoms with E-state index in [1.165, 1.54) is 11.7 Å². The molecule has 1 aliphatic heterocycles. The van der Waals surface area contributed by atoms with Gasteiger partial charge in [-0.05, 0) is 18.6 Å². The number of amides is 1. The average molecular weight is 440 g/mol. The summed E-state index contributed by atoms with van der Waals surface area (Å²) in [4.78, 5) is 41.0. The molecule has 29 heavy (non-hydrogen) atoms. The number of nitrogens with one attached hydrogen (secondary N) is 1. The van der Waals surface area contributed by atoms with Crippen molar-refractivity contribution in [3.8, 4) is 0 Å². The van der Waals surface area contributed by atoms with Crippen molar-refractivity contribution in [1.82, 2.24) is 14.9 Å². The van der Waals surface area contributed by atoms with Gasteiger partial charge in [0.15, 0.2) is 15.0 Å². The summed E-state index contributed by atoms with van der Waals surface area (Å²) in [6, 6.07) is 6.45. The summed E-state index contributed by atoms with van der Waals surface area (Å²) >= 11 is 1.06. The number of rotatable bonds is 7. The van der Waals surface area contributed by atoms with E-state index in [9.17, 15) is 22.8 Å². The van der Waals surface area contributed by atoms with Gasteiger partial charge >= 0.3 is 5.97 Å². The number of thioether (sulfide) groups is 1. The molecule has 0 saturated carbocycles. The van der Waals surface area contributed by atoms with Gasteiger partial charge < -0.3 is 10.1 Å². The van der Waals surface area contributed by atoms with Crippen molar-refractivity contribution in [2.45, 2.75) is 30.6 Å². The highest BCUT2D eigenvalue weighted by molar-refractivity contribution is 7.99. The van der Waals surface area contributed by atoms with Crippen molar-refractivity contribution in [2.24, 2.45) is 0 Å². The van der Waals surface area contributed by atoms with Crippen LogP contribution in [0, 0.1) is 0 Å². The third-order valence-corrected chi connectivity index (χ3v) is 7.27. The molecule has 1 fully saturated rings. The number of carbonyl (C=O) groups excluding carboxylic acids is 2. The molecule has 1 aliphatic rings. The molecule has 1 atom stereocenters. The molecule has 0 spiro atoms. The summed E-state index contributed by atoms with van der Waals surface area (Å²) < 4.78 is 29.0. The quantitative estimate of drug-likeness (QED) is 0.372. The lowest BCUT2D eigenvalue weighted by Gasteiger charge is -2.14. The van der Waals surface area contributed by atoms with Gasteiger partial charge in [-0.15, -0.1) is 0 Å². The third-order valence-electron chi connectivity index (χ3n) is 4.52. The Kier molecular flexibility index (Phi) is 6.58. The van der Waals surface area contributed by atoms with Crippen LogP contribution in [0.5, 0.6) is 0 Å². The van der Waals surface area contributed by atoms with Crippen LogP contribution in [-0.4, -0.2) is 60.3 Å². The van der Waals surface area contributed by atoms with E-state index < -0.39 is 15.8 Å². The normalized spacial score (nSPS) is 17.9. The van der Waals surface area contributed by atoms with E-state index in [0.29, 0.717) is 22.5 Å². The third kappa shape index (κ3) is 5.36. The van der Waals surface area contributed by atoms with Crippen molar-refractivity contribution < 1.29 is 22.7 Å². The standard InChI is InChI=1S/C18H21N3O6S2/c1-27-16(23)6-8-21-17(24)13-4-2-3-5-14(13)20-18(21)28-10-15(22)19-12-7-9-29(25,26)11-12/h2-5,12H,6-11H2,1H3,(H,19,22)/t12-/m0/s1. The molecule has 1 aromatic heterocycles. The molecule has 0 radical (unpaired) electrons. The zero-order valence-electron chi connectivity index (χ0n) is 15.8. The second kappa shape index (κ2) is 8.95. The first-order valence-corrected chi connectivity index (χ1v) is 11.8. The maximum absolute atomic E-state index is 12.8. The lowest BCUT2D eigenvalue weighted by Crippen LogP contribution is -2.36. The Balaban J connectivity index is 1.77. The van der Waals surface area contributed by atoms with Gasteiger partial charge in [0.2, 0.25) is 5.91 Å². The minimum atomic E-state index is -3.09. The van der Waals surface area contributed by atoms with Gasteiger partial charge in [-0.2, -0.15) is 0 Å². The molecule has 0 unspecified atom stereocenters. The highest BCUT2D eigenvalue weighted by Gasteiger charge is 2.29. The summed E-state index contributed by atoms with van der Waals surface area (Å²) in [5, 5.41) is 3.44. The van der Waals surface area contributed by atoms with Crippen LogP contribution in [-0.2, 0) is 30.7 Å². The van der Waals surface area contributed by atoms with Gasteiger partial charge in [-0.25, -0.2) is 13.4 Å². The first-order chi connectivity index (χ1) is 13.8. The number of ether oxygens (including phenoxy) is 1. The first-order valence-electron chi connectivity index (χ1n) is 8.98. The Morgan fingerprint density at radius 3 is 2.79 bits per heavy atom. The van der Waals surface area contributed by atoms with E-state index in [4.69, 9.17) is 0 Å². The monoisotopic (exact) mass is 439 g/mol. The predicted octanol–water partition coefficient (Wildman–Crippen LogP) is 0.355. The fraction of sp³-hybridized carbons (Fsp3) is 0.444. The van der Waals surface area contributed by atoms with Gasteiger partial charge in [-0.1, -0.05) is 23.9 Å². The zero-order chi connectivity index (χ0) is 21.0. The maximum atomic E-state index is 12.8. The van der Waals surface area contributed by atoms with Crippen LogP contribution >= 0.6 is 11.8 Å². The number of methoxy groups -OCH3 is 1. The number of hydrogen-bond acceptors (Lipinski definition) is 8. The molecule has 1 amide bonds. The number of aromatic nitrogens is 2. The highest BCUT2D eigenvalue weighted by Crippen LogP contribution is 2.19. The summed E-state index contributed by atoms with van der Waals surface area (Å²) in [5.41, 5.74) is 0.195. The Bertz CT molecular complexity index is 1100. The summed E-state index contributed by atoms with van der Waals surface area (Å²) in [7, 11) is -1.82. The molecule has 156 valence electrons. The highest BCUT2D eigenvalue weighted by atomic mass is 32.2. The number of hydrogen-bond donors (Lipinski definition) is 1. The van der Waals surface area contributed by atoms with Crippen LogP contribution in [0.15, 0.2) is 34.2 Å². The van der Waals surface area contributed by atoms with Gasteiger partial charge in [0.1, 0.15) is 0 Å². The Morgan fingerprint density at radius 1 is 1.34 bits per heavy atom. The summed E-state index contributed by atoms with van der Waals surface area (Å²) in [6.07, 6.45) is 0.396. The first kappa shape index (κ1) is 21.3. The number of esters is 1. The Morgan fingerprint density at radius 2 is 2.10 bits per heavy atom. The molecular weight excluding hydrogens is 418 g/mol. The van der Waals surface area contributed by atoms with E-state index in [-0.39, 0.29) is 47.7 Å². The molecule has 1 saturated heterocycles. The molecule has 1 N–H and O–H groups in total. The van der Waals surface area contributed by atoms with Crippen LogP contribution in [0.4, 0.5) is 0 Å². The largest absolute Gasteiger partial charge is 0.469 e. The van der Waals surface area contributed by atoms with Crippen molar-refractivity contribution >= 4 is 44.4 Å². The van der Waals surface area contributed by atoms with Gasteiger partial charge in [-0.3, -0.25) is 19.0 Å². The van der Waals surface area contributed by atoms with Crippen LogP contribution in [0.1, 0.15) is 12.8 Å². The minimum absolute atomic E-state index is 0.00385. The number of para-hydroxylation sites is 1. The van der Waals surface area contributed by atoms with Crippen molar-refractivity contribution in [3.05, 3.63) is 34.6 Å². The van der Waals surface area contributed by atoms with E-state index in [1.54, 1.807) is 24.3 Å². The van der Waals surface area contributed by atoms with Crippen LogP contribution in [0.3, 0.4) is 0 Å². The SMILES string of the molecule is COC(=O)CCn1c(SCC(=O)N[C@H]2CCS(=O)(=O)C2)nc2ccccc2c1=O. The molecule has 2 aromatic rings. The summed E-state index contributed by atoms with van der Waals surface area (Å²) in [5.74, 6) is -0.800. The number of carbonyl (C=O) groups is 2. The van der Waals surface area contributed by atoms with E-state index in [0.717, 1.165) is 11.8 Å². The zero-order valence-corrected chi connectivity index (χ0v) is 17.4. The molecular formula is C18H21N3O6S2. The molecule has 0 bridgehead atoms. The maximum Gasteiger partial charge on any atom is 0.307 e. The molecule has 2 heterocycles. The van der Waals surface area contributed by atoms with Gasteiger partial charge in [0.05, 0.1) is 41.7 Å². The minimum Gasteiger partial charge on any atom is -0.469 e. The van der Waals surface area contributed by atoms with Crippen molar-refractivity contribution in [3.63, 3.8) is 0 Å². The average Bonchev–Trinajstić information content (AvgIpc) is 3.03. The van der Waals surface area contributed by atoms with E-state index >= 15 is 0 Å². The van der Waals surface area contributed by atoms with Crippen LogP contribution < -0.4 is 10.9 Å².